The maximum absolute atomic E-state index is 10.1. The van der Waals surface area contributed by atoms with Gasteiger partial charge in [-0.15, -0.1) is 0 Å². The summed E-state index contributed by atoms with van der Waals surface area (Å²) >= 11 is 0. The molecule has 0 aliphatic heterocycles. The number of benzene rings is 1. The van der Waals surface area contributed by atoms with Gasteiger partial charge < -0.3 is 19.6 Å². The van der Waals surface area contributed by atoms with Crippen molar-refractivity contribution < 1.29 is 14.3 Å². The molecule has 2 rings (SSSR count). The molecule has 20 heavy (non-hydrogen) atoms. The number of aryl methyl sites for hydroxylation is 1. The number of rotatable bonds is 6. The number of nitrogens with zero attached hydrogens (tertiary/aromatic N) is 1. The molecule has 2 aromatic rings. The van der Waals surface area contributed by atoms with Crippen LogP contribution in [0.1, 0.15) is 36.3 Å². The van der Waals surface area contributed by atoms with Crippen LogP contribution in [0.15, 0.2) is 34.9 Å². The average Bonchev–Trinajstić information content (AvgIpc) is 2.91. The van der Waals surface area contributed by atoms with E-state index in [0.29, 0.717) is 12.4 Å². The first kappa shape index (κ1) is 14.6. The Morgan fingerprint density at radius 3 is 2.60 bits per heavy atom. The fourth-order valence-corrected chi connectivity index (χ4v) is 1.89. The number of nitrogens with one attached hydrogen (secondary N) is 1. The van der Waals surface area contributed by atoms with Crippen LogP contribution < -0.4 is 10.1 Å². The molecule has 0 aliphatic carbocycles. The van der Waals surface area contributed by atoms with Crippen molar-refractivity contribution in [2.24, 2.45) is 0 Å². The molecule has 0 fully saturated rings. The lowest BCUT2D eigenvalue weighted by Crippen LogP contribution is -2.24. The molecule has 0 radical (unpaired) electrons. The SMILES string of the molecule is COc1ccc(C(O)CNC(C)c2ncc(C)o2)cc1. The third-order valence-corrected chi connectivity index (χ3v) is 3.13. The summed E-state index contributed by atoms with van der Waals surface area (Å²) in [7, 11) is 1.62. The van der Waals surface area contributed by atoms with Crippen molar-refractivity contribution in [3.8, 4) is 5.75 Å². The number of aliphatic hydroxyl groups is 1. The number of oxazole rings is 1. The molecular formula is C15H20N2O3. The summed E-state index contributed by atoms with van der Waals surface area (Å²) < 4.78 is 10.5. The summed E-state index contributed by atoms with van der Waals surface area (Å²) in [5, 5.41) is 13.3. The van der Waals surface area contributed by atoms with Gasteiger partial charge in [0.2, 0.25) is 5.89 Å². The Morgan fingerprint density at radius 1 is 1.35 bits per heavy atom. The molecular weight excluding hydrogens is 256 g/mol. The third kappa shape index (κ3) is 3.59. The summed E-state index contributed by atoms with van der Waals surface area (Å²) in [6, 6.07) is 7.33. The van der Waals surface area contributed by atoms with Crippen LogP contribution in [-0.4, -0.2) is 23.7 Å². The van der Waals surface area contributed by atoms with Crippen molar-refractivity contribution in [1.29, 1.82) is 0 Å². The number of hydrogen-bond donors (Lipinski definition) is 2. The second kappa shape index (κ2) is 6.54. The molecule has 0 spiro atoms. The first-order valence-electron chi connectivity index (χ1n) is 6.58. The zero-order valence-corrected chi connectivity index (χ0v) is 12.0. The minimum atomic E-state index is -0.584. The first-order valence-corrected chi connectivity index (χ1v) is 6.58. The molecule has 5 nitrogen and oxygen atoms in total. The standard InChI is InChI=1S/C15H20N2O3/c1-10-8-17-15(20-10)11(2)16-9-14(18)12-4-6-13(19-3)7-5-12/h4-8,11,14,16,18H,9H2,1-3H3. The van der Waals surface area contributed by atoms with Crippen molar-refractivity contribution in [1.82, 2.24) is 10.3 Å². The summed E-state index contributed by atoms with van der Waals surface area (Å²) in [5.74, 6) is 2.19. The first-order chi connectivity index (χ1) is 9.60. The van der Waals surface area contributed by atoms with E-state index in [2.05, 4.69) is 10.3 Å². The zero-order valence-electron chi connectivity index (χ0n) is 12.0. The molecule has 1 aromatic heterocycles. The fraction of sp³-hybridized carbons (Fsp3) is 0.400. The molecule has 2 atom stereocenters. The maximum Gasteiger partial charge on any atom is 0.211 e. The zero-order chi connectivity index (χ0) is 14.5. The van der Waals surface area contributed by atoms with E-state index in [-0.39, 0.29) is 6.04 Å². The highest BCUT2D eigenvalue weighted by molar-refractivity contribution is 5.28. The van der Waals surface area contributed by atoms with Crippen molar-refractivity contribution in [3.63, 3.8) is 0 Å². The normalized spacial score (nSPS) is 14.0. The lowest BCUT2D eigenvalue weighted by molar-refractivity contribution is 0.168. The molecule has 1 aromatic carbocycles. The fourth-order valence-electron chi connectivity index (χ4n) is 1.89. The Labute approximate surface area is 118 Å². The molecule has 108 valence electrons. The highest BCUT2D eigenvalue weighted by Gasteiger charge is 2.14. The van der Waals surface area contributed by atoms with E-state index in [1.807, 2.05) is 38.1 Å². The van der Waals surface area contributed by atoms with Gasteiger partial charge >= 0.3 is 0 Å². The van der Waals surface area contributed by atoms with Gasteiger partial charge in [0, 0.05) is 6.54 Å². The Bertz CT molecular complexity index is 536. The lowest BCUT2D eigenvalue weighted by atomic mass is 10.1. The number of hydrogen-bond acceptors (Lipinski definition) is 5. The number of aromatic nitrogens is 1. The Balaban J connectivity index is 1.89. The van der Waals surface area contributed by atoms with Crippen LogP contribution in [0.3, 0.4) is 0 Å². The second-order valence-corrected chi connectivity index (χ2v) is 4.73. The molecule has 0 amide bonds. The van der Waals surface area contributed by atoms with Gasteiger partial charge in [0.25, 0.3) is 0 Å². The Morgan fingerprint density at radius 2 is 2.05 bits per heavy atom. The summed E-state index contributed by atoms with van der Waals surface area (Å²) in [6.45, 7) is 4.23. The average molecular weight is 276 g/mol. The largest absolute Gasteiger partial charge is 0.497 e. The molecule has 0 saturated heterocycles. The summed E-state index contributed by atoms with van der Waals surface area (Å²) in [4.78, 5) is 4.16. The van der Waals surface area contributed by atoms with Crippen LogP contribution in [0, 0.1) is 6.92 Å². The van der Waals surface area contributed by atoms with E-state index >= 15 is 0 Å². The van der Waals surface area contributed by atoms with Crippen LogP contribution >= 0.6 is 0 Å². The quantitative estimate of drug-likeness (QED) is 0.848. The van der Waals surface area contributed by atoms with E-state index in [4.69, 9.17) is 9.15 Å². The van der Waals surface area contributed by atoms with E-state index in [9.17, 15) is 5.11 Å². The number of methoxy groups -OCH3 is 1. The topological polar surface area (TPSA) is 67.5 Å². The molecule has 1 heterocycles. The van der Waals surface area contributed by atoms with Gasteiger partial charge in [0.15, 0.2) is 0 Å². The minimum absolute atomic E-state index is 0.0448. The lowest BCUT2D eigenvalue weighted by Gasteiger charge is -2.15. The highest BCUT2D eigenvalue weighted by Crippen LogP contribution is 2.18. The predicted molar refractivity (Wildman–Crippen MR) is 75.6 cm³/mol. The monoisotopic (exact) mass is 276 g/mol. The minimum Gasteiger partial charge on any atom is -0.497 e. The van der Waals surface area contributed by atoms with Crippen molar-refractivity contribution in [3.05, 3.63) is 47.7 Å². The van der Waals surface area contributed by atoms with Gasteiger partial charge in [-0.2, -0.15) is 0 Å². The molecule has 0 aliphatic rings. The third-order valence-electron chi connectivity index (χ3n) is 3.13. The van der Waals surface area contributed by atoms with E-state index in [1.165, 1.54) is 0 Å². The number of ether oxygens (including phenoxy) is 1. The Kier molecular flexibility index (Phi) is 4.76. The van der Waals surface area contributed by atoms with E-state index in [1.54, 1.807) is 13.3 Å². The predicted octanol–water partition coefficient (Wildman–Crippen LogP) is 2.38. The molecule has 2 unspecified atom stereocenters. The van der Waals surface area contributed by atoms with Crippen LogP contribution in [0.2, 0.25) is 0 Å². The summed E-state index contributed by atoms with van der Waals surface area (Å²) in [6.07, 6.45) is 1.10. The van der Waals surface area contributed by atoms with Gasteiger partial charge in [-0.1, -0.05) is 12.1 Å². The molecule has 5 heteroatoms. The summed E-state index contributed by atoms with van der Waals surface area (Å²) in [5.41, 5.74) is 0.842. The van der Waals surface area contributed by atoms with Gasteiger partial charge in [0.1, 0.15) is 11.5 Å². The second-order valence-electron chi connectivity index (χ2n) is 4.73. The Hall–Kier alpha value is -1.85. The molecule has 0 bridgehead atoms. The van der Waals surface area contributed by atoms with Gasteiger partial charge in [-0.3, -0.25) is 0 Å². The van der Waals surface area contributed by atoms with Gasteiger partial charge in [-0.25, -0.2) is 4.98 Å². The molecule has 2 N–H and O–H groups in total. The van der Waals surface area contributed by atoms with Crippen LogP contribution in [-0.2, 0) is 0 Å². The number of aliphatic hydroxyl groups excluding tert-OH is 1. The van der Waals surface area contributed by atoms with Crippen molar-refractivity contribution in [2.45, 2.75) is 26.0 Å². The van der Waals surface area contributed by atoms with Crippen molar-refractivity contribution >= 4 is 0 Å². The van der Waals surface area contributed by atoms with Crippen LogP contribution in [0.25, 0.3) is 0 Å². The highest BCUT2D eigenvalue weighted by atomic mass is 16.5. The van der Waals surface area contributed by atoms with Crippen LogP contribution in [0.5, 0.6) is 5.75 Å². The van der Waals surface area contributed by atoms with Crippen LogP contribution in [0.4, 0.5) is 0 Å². The van der Waals surface area contributed by atoms with Gasteiger partial charge in [0.05, 0.1) is 25.5 Å². The molecule has 0 saturated carbocycles. The van der Waals surface area contributed by atoms with Crippen molar-refractivity contribution in [2.75, 3.05) is 13.7 Å². The van der Waals surface area contributed by atoms with E-state index in [0.717, 1.165) is 17.1 Å². The smallest absolute Gasteiger partial charge is 0.211 e. The van der Waals surface area contributed by atoms with Gasteiger partial charge in [-0.05, 0) is 31.5 Å². The van der Waals surface area contributed by atoms with E-state index < -0.39 is 6.10 Å². The maximum atomic E-state index is 10.1.